The summed E-state index contributed by atoms with van der Waals surface area (Å²) in [7, 11) is 0. The van der Waals surface area contributed by atoms with Crippen molar-refractivity contribution in [1.82, 2.24) is 15.0 Å². The van der Waals surface area contributed by atoms with Gasteiger partial charge in [-0.15, -0.1) is 0 Å². The molecular formula is C34H39F6N7O2. The van der Waals surface area contributed by atoms with Crippen molar-refractivity contribution in [3.63, 3.8) is 0 Å². The molecule has 1 aromatic carbocycles. The van der Waals surface area contributed by atoms with Crippen LogP contribution in [0.5, 0.6) is 0 Å². The van der Waals surface area contributed by atoms with E-state index in [2.05, 4.69) is 20.2 Å². The summed E-state index contributed by atoms with van der Waals surface area (Å²) < 4.78 is 82.8. The number of aromatic carboxylic acids is 1. The van der Waals surface area contributed by atoms with Crippen molar-refractivity contribution in [2.24, 2.45) is 11.8 Å². The SMILES string of the molecule is CC(=N)c1cc(CN(Cc2cc(C(F)(F)F)cc(C(F)(F)F)c2)c2ncc(C(=O)O)cn2)c(N(CC2CC2)CC2CC2)nc1NC(C)(C)C. The van der Waals surface area contributed by atoms with Gasteiger partial charge in [-0.1, -0.05) is 0 Å². The van der Waals surface area contributed by atoms with Gasteiger partial charge in [-0.2, -0.15) is 26.3 Å². The molecule has 3 aromatic rings. The van der Waals surface area contributed by atoms with Gasteiger partial charge in [0.05, 0.1) is 16.7 Å². The molecule has 0 radical (unpaired) electrons. The Hall–Kier alpha value is -4.43. The van der Waals surface area contributed by atoms with Crippen LogP contribution in [-0.2, 0) is 25.4 Å². The molecule has 3 N–H and O–H groups in total. The van der Waals surface area contributed by atoms with Crippen molar-refractivity contribution in [2.75, 3.05) is 28.2 Å². The normalized spacial score (nSPS) is 15.2. The Morgan fingerprint density at radius 2 is 1.41 bits per heavy atom. The van der Waals surface area contributed by atoms with Gasteiger partial charge in [0.2, 0.25) is 5.95 Å². The first-order valence-electron chi connectivity index (χ1n) is 16.0. The molecule has 0 aliphatic heterocycles. The highest BCUT2D eigenvalue weighted by Crippen LogP contribution is 2.39. The fourth-order valence-corrected chi connectivity index (χ4v) is 5.47. The van der Waals surface area contributed by atoms with Crippen LogP contribution >= 0.6 is 0 Å². The molecule has 49 heavy (non-hydrogen) atoms. The molecule has 0 unspecified atom stereocenters. The van der Waals surface area contributed by atoms with E-state index in [-0.39, 0.29) is 35.4 Å². The van der Waals surface area contributed by atoms with Crippen molar-refractivity contribution in [3.8, 4) is 0 Å². The standard InChI is InChI=1S/C34H39F6N7O2/c1-19(41)27-11-23(29(44-28(27)45-32(2,3)4)46(15-20-5-6-20)16-21-7-8-21)18-47(31-42-13-24(14-43-31)30(48)49)17-22-9-25(33(35,36)37)12-26(10-22)34(38,39)40/h9-14,20-21,41H,5-8,15-18H2,1-4H3,(H,44,45)(H,48,49). The fraction of sp³-hybridized carbons (Fsp3) is 0.500. The van der Waals surface area contributed by atoms with E-state index in [1.54, 1.807) is 13.0 Å². The van der Waals surface area contributed by atoms with E-state index in [1.165, 1.54) is 4.90 Å². The molecule has 2 saturated carbocycles. The monoisotopic (exact) mass is 691 g/mol. The second kappa shape index (κ2) is 13.5. The molecule has 0 atom stereocenters. The lowest BCUT2D eigenvalue weighted by Crippen LogP contribution is -2.34. The third-order valence-corrected chi connectivity index (χ3v) is 8.18. The van der Waals surface area contributed by atoms with E-state index in [0.29, 0.717) is 46.7 Å². The molecule has 0 saturated heterocycles. The van der Waals surface area contributed by atoms with E-state index in [9.17, 15) is 36.2 Å². The van der Waals surface area contributed by atoms with Crippen LogP contribution in [0.25, 0.3) is 0 Å². The minimum Gasteiger partial charge on any atom is -0.478 e. The molecular weight excluding hydrogens is 652 g/mol. The maximum absolute atomic E-state index is 13.8. The Morgan fingerprint density at radius 3 is 1.84 bits per heavy atom. The highest BCUT2D eigenvalue weighted by molar-refractivity contribution is 6.01. The molecule has 9 nitrogen and oxygen atoms in total. The number of hydrogen-bond acceptors (Lipinski definition) is 8. The number of nitrogens with zero attached hydrogens (tertiary/aromatic N) is 5. The second-order valence-electron chi connectivity index (χ2n) is 14.0. The number of pyridine rings is 1. The van der Waals surface area contributed by atoms with Crippen LogP contribution in [-0.4, -0.2) is 50.4 Å². The van der Waals surface area contributed by atoms with Gasteiger partial charge in [0, 0.05) is 61.0 Å². The molecule has 2 aromatic heterocycles. The van der Waals surface area contributed by atoms with Crippen molar-refractivity contribution >= 4 is 29.3 Å². The Balaban J connectivity index is 1.66. The van der Waals surface area contributed by atoms with Gasteiger partial charge in [0.25, 0.3) is 0 Å². The third-order valence-electron chi connectivity index (χ3n) is 8.18. The Labute approximate surface area is 280 Å². The Morgan fingerprint density at radius 1 is 0.878 bits per heavy atom. The molecule has 2 aliphatic carbocycles. The molecule has 15 heteroatoms. The minimum atomic E-state index is -5.05. The highest BCUT2D eigenvalue weighted by Gasteiger charge is 2.37. The lowest BCUT2D eigenvalue weighted by Gasteiger charge is -2.31. The number of carboxylic acids is 1. The zero-order chi connectivity index (χ0) is 35.9. The van der Waals surface area contributed by atoms with Gasteiger partial charge >= 0.3 is 18.3 Å². The average Bonchev–Trinajstić information content (AvgIpc) is 3.93. The van der Waals surface area contributed by atoms with Crippen LogP contribution in [0, 0.1) is 17.2 Å². The topological polar surface area (TPSA) is 118 Å². The van der Waals surface area contributed by atoms with Crippen LogP contribution in [0.2, 0.25) is 0 Å². The van der Waals surface area contributed by atoms with Gasteiger partial charge in [0.15, 0.2) is 0 Å². The van der Waals surface area contributed by atoms with Crippen molar-refractivity contribution < 1.29 is 36.2 Å². The van der Waals surface area contributed by atoms with Crippen LogP contribution in [0.15, 0.2) is 36.7 Å². The third kappa shape index (κ3) is 9.60. The highest BCUT2D eigenvalue weighted by atomic mass is 19.4. The van der Waals surface area contributed by atoms with Crippen molar-refractivity contribution in [1.29, 1.82) is 5.41 Å². The van der Waals surface area contributed by atoms with Crippen LogP contribution < -0.4 is 15.1 Å². The summed E-state index contributed by atoms with van der Waals surface area (Å²) in [5.74, 6) is 0.583. The summed E-state index contributed by atoms with van der Waals surface area (Å²) in [6, 6.07) is 3.16. The molecule has 2 aliphatic rings. The summed E-state index contributed by atoms with van der Waals surface area (Å²) in [6.07, 6.45) is -3.78. The number of rotatable bonds is 13. The van der Waals surface area contributed by atoms with Gasteiger partial charge in [0.1, 0.15) is 11.6 Å². The van der Waals surface area contributed by atoms with E-state index in [1.807, 2.05) is 20.8 Å². The molecule has 264 valence electrons. The molecule has 0 amide bonds. The second-order valence-corrected chi connectivity index (χ2v) is 14.0. The van der Waals surface area contributed by atoms with E-state index in [4.69, 9.17) is 10.4 Å². The molecule has 0 bridgehead atoms. The van der Waals surface area contributed by atoms with Gasteiger partial charge in [-0.25, -0.2) is 19.7 Å². The lowest BCUT2D eigenvalue weighted by atomic mass is 10.0. The smallest absolute Gasteiger partial charge is 0.416 e. The number of halogens is 6. The van der Waals surface area contributed by atoms with Crippen molar-refractivity contribution in [2.45, 2.75) is 84.4 Å². The number of carbonyl (C=O) groups is 1. The predicted octanol–water partition coefficient (Wildman–Crippen LogP) is 8.04. The van der Waals surface area contributed by atoms with Gasteiger partial charge in [-0.3, -0.25) is 0 Å². The fourth-order valence-electron chi connectivity index (χ4n) is 5.47. The summed E-state index contributed by atoms with van der Waals surface area (Å²) in [5, 5.41) is 21.3. The van der Waals surface area contributed by atoms with E-state index < -0.39 is 41.5 Å². The predicted molar refractivity (Wildman–Crippen MR) is 173 cm³/mol. The summed E-state index contributed by atoms with van der Waals surface area (Å²) >= 11 is 0. The van der Waals surface area contributed by atoms with Crippen LogP contribution in [0.1, 0.15) is 91.6 Å². The number of hydrogen-bond donors (Lipinski definition) is 3. The average molecular weight is 692 g/mol. The van der Waals surface area contributed by atoms with Gasteiger partial charge in [-0.05, 0) is 95.0 Å². The maximum Gasteiger partial charge on any atom is 0.416 e. The quantitative estimate of drug-likeness (QED) is 0.122. The zero-order valence-corrected chi connectivity index (χ0v) is 27.6. The zero-order valence-electron chi connectivity index (χ0n) is 27.6. The number of nitrogens with one attached hydrogen (secondary N) is 2. The molecule has 2 heterocycles. The number of carboxylic acid groups (broad SMARTS) is 1. The Kier molecular flexibility index (Phi) is 9.86. The first-order chi connectivity index (χ1) is 22.8. The Bertz CT molecular complexity index is 1650. The number of anilines is 3. The van der Waals surface area contributed by atoms with E-state index in [0.717, 1.165) is 51.2 Å². The maximum atomic E-state index is 13.8. The van der Waals surface area contributed by atoms with Crippen molar-refractivity contribution in [3.05, 3.63) is 70.0 Å². The largest absolute Gasteiger partial charge is 0.478 e. The lowest BCUT2D eigenvalue weighted by molar-refractivity contribution is -0.143. The van der Waals surface area contributed by atoms with Crippen LogP contribution in [0.4, 0.5) is 43.9 Å². The minimum absolute atomic E-state index is 0.0712. The summed E-state index contributed by atoms with van der Waals surface area (Å²) in [6.45, 7) is 8.33. The molecule has 5 rings (SSSR count). The first-order valence-corrected chi connectivity index (χ1v) is 16.0. The molecule has 0 spiro atoms. The summed E-state index contributed by atoms with van der Waals surface area (Å²) in [5.41, 5.74) is -2.64. The number of alkyl halides is 6. The van der Waals surface area contributed by atoms with E-state index >= 15 is 0 Å². The summed E-state index contributed by atoms with van der Waals surface area (Å²) in [4.78, 5) is 28.5. The number of aromatic nitrogens is 3. The number of benzene rings is 1. The first kappa shape index (κ1) is 35.9. The van der Waals surface area contributed by atoms with Crippen LogP contribution in [0.3, 0.4) is 0 Å². The molecule has 2 fully saturated rings. The van der Waals surface area contributed by atoms with Gasteiger partial charge < -0.3 is 25.6 Å².